The summed E-state index contributed by atoms with van der Waals surface area (Å²) >= 11 is 0. The molecule has 2 aromatic carbocycles. The Morgan fingerprint density at radius 2 is 1.71 bits per heavy atom. The van der Waals surface area contributed by atoms with Gasteiger partial charge in [-0.15, -0.1) is 0 Å². The van der Waals surface area contributed by atoms with Gasteiger partial charge in [0, 0.05) is 29.4 Å². The van der Waals surface area contributed by atoms with Crippen LogP contribution in [0.2, 0.25) is 0 Å². The second-order valence-corrected chi connectivity index (χ2v) is 9.16. The first-order chi connectivity index (χ1) is 12.9. The largest absolute Gasteiger partial charge is 0.309 e. The van der Waals surface area contributed by atoms with Crippen molar-refractivity contribution in [1.82, 2.24) is 4.72 Å². The maximum absolute atomic E-state index is 13.6. The maximum Gasteiger partial charge on any atom is 0.258 e. The minimum Gasteiger partial charge on any atom is -0.309 e. The molecule has 1 amide bonds. The molecule has 5 nitrogen and oxygen atoms in total. The molecule has 0 saturated carbocycles. The Morgan fingerprint density at radius 1 is 1.07 bits per heavy atom. The first kappa shape index (κ1) is 22.0. The first-order valence-corrected chi connectivity index (χ1v) is 10.3. The maximum atomic E-state index is 13.6. The average molecular weight is 410 g/mol. The fourth-order valence-electron chi connectivity index (χ4n) is 2.70. The minimum absolute atomic E-state index is 0.0438. The van der Waals surface area contributed by atoms with Crippen LogP contribution >= 0.6 is 0 Å². The predicted molar refractivity (Wildman–Crippen MR) is 105 cm³/mol. The third-order valence-corrected chi connectivity index (χ3v) is 5.72. The number of hydrogen-bond acceptors (Lipinski definition) is 3. The molecule has 0 radical (unpaired) electrons. The lowest BCUT2D eigenvalue weighted by Gasteiger charge is -2.23. The number of nitrogens with zero attached hydrogens (tertiary/aromatic N) is 1. The van der Waals surface area contributed by atoms with Crippen LogP contribution in [-0.4, -0.2) is 26.4 Å². The molecule has 0 saturated heterocycles. The highest BCUT2D eigenvalue weighted by Crippen LogP contribution is 2.23. The van der Waals surface area contributed by atoms with Crippen molar-refractivity contribution >= 4 is 21.6 Å². The lowest BCUT2D eigenvalue weighted by molar-refractivity contribution is 0.0987. The third kappa shape index (κ3) is 4.94. The Bertz CT molecular complexity index is 999. The zero-order chi connectivity index (χ0) is 21.3. The van der Waals surface area contributed by atoms with E-state index < -0.39 is 33.1 Å². The number of carbonyl (C=O) groups excluding carboxylic acids is 1. The van der Waals surface area contributed by atoms with Gasteiger partial charge in [0.25, 0.3) is 5.91 Å². The van der Waals surface area contributed by atoms with Crippen LogP contribution in [0, 0.1) is 18.6 Å². The molecule has 0 aliphatic rings. The molecule has 1 N–H and O–H groups in total. The Morgan fingerprint density at radius 3 is 2.25 bits per heavy atom. The second kappa shape index (κ2) is 7.97. The lowest BCUT2D eigenvalue weighted by Crippen LogP contribution is -2.40. The number of amides is 1. The molecule has 8 heteroatoms. The van der Waals surface area contributed by atoms with Crippen LogP contribution in [0.4, 0.5) is 14.5 Å². The van der Waals surface area contributed by atoms with Crippen LogP contribution in [-0.2, 0) is 10.0 Å². The van der Waals surface area contributed by atoms with E-state index in [1.165, 1.54) is 23.1 Å². The number of rotatable bonds is 5. The van der Waals surface area contributed by atoms with Crippen LogP contribution in [0.3, 0.4) is 0 Å². The molecule has 0 aliphatic heterocycles. The Hall–Kier alpha value is -2.32. The Kier molecular flexibility index (Phi) is 6.25. The van der Waals surface area contributed by atoms with E-state index in [0.717, 1.165) is 12.1 Å². The van der Waals surface area contributed by atoms with Gasteiger partial charge in [-0.05, 0) is 64.4 Å². The van der Waals surface area contributed by atoms with Gasteiger partial charge in [-0.25, -0.2) is 21.9 Å². The first-order valence-electron chi connectivity index (χ1n) is 8.77. The van der Waals surface area contributed by atoms with Crippen LogP contribution in [0.5, 0.6) is 0 Å². The summed E-state index contributed by atoms with van der Waals surface area (Å²) in [5.41, 5.74) is 0.241. The average Bonchev–Trinajstić information content (AvgIpc) is 2.56. The fourth-order valence-corrected chi connectivity index (χ4v) is 4.15. The van der Waals surface area contributed by atoms with Gasteiger partial charge in [0.1, 0.15) is 0 Å². The summed E-state index contributed by atoms with van der Waals surface area (Å²) < 4.78 is 54.6. The summed E-state index contributed by atoms with van der Waals surface area (Å²) in [5.74, 6) is -2.57. The lowest BCUT2D eigenvalue weighted by atomic mass is 10.1. The van der Waals surface area contributed by atoms with Gasteiger partial charge < -0.3 is 4.90 Å². The number of hydrogen-bond donors (Lipinski definition) is 1. The second-order valence-electron chi connectivity index (χ2n) is 7.48. The standard InChI is InChI=1S/C20H24F2N2O3S/c1-6-24(14-8-10-17(21)18(22)11-14)19(25)16-12-15(9-7-13(16)2)28(26,27)23-20(3,4)5/h7-12,23H,6H2,1-5H3. The molecule has 0 aliphatic carbocycles. The number of anilines is 1. The van der Waals surface area contributed by atoms with E-state index in [4.69, 9.17) is 0 Å². The summed E-state index contributed by atoms with van der Waals surface area (Å²) in [6.07, 6.45) is 0. The number of aryl methyl sites for hydroxylation is 1. The van der Waals surface area contributed by atoms with Crippen molar-refractivity contribution in [2.75, 3.05) is 11.4 Å². The van der Waals surface area contributed by atoms with Crippen molar-refractivity contribution in [2.45, 2.75) is 45.1 Å². The zero-order valence-electron chi connectivity index (χ0n) is 16.5. The third-order valence-electron chi connectivity index (χ3n) is 3.97. The van der Waals surface area contributed by atoms with Gasteiger partial charge in [-0.3, -0.25) is 4.79 Å². The van der Waals surface area contributed by atoms with E-state index in [1.807, 2.05) is 0 Å². The highest BCUT2D eigenvalue weighted by atomic mass is 32.2. The monoisotopic (exact) mass is 410 g/mol. The van der Waals surface area contributed by atoms with Gasteiger partial charge in [0.2, 0.25) is 10.0 Å². The topological polar surface area (TPSA) is 66.5 Å². The summed E-state index contributed by atoms with van der Waals surface area (Å²) in [5, 5.41) is 0. The molecule has 0 bridgehead atoms. The number of carbonyl (C=O) groups is 1. The van der Waals surface area contributed by atoms with Gasteiger partial charge in [-0.1, -0.05) is 6.07 Å². The SMILES string of the molecule is CCN(C(=O)c1cc(S(=O)(=O)NC(C)(C)C)ccc1C)c1ccc(F)c(F)c1. The van der Waals surface area contributed by atoms with Crippen LogP contribution < -0.4 is 9.62 Å². The van der Waals surface area contributed by atoms with Crippen molar-refractivity contribution in [2.24, 2.45) is 0 Å². The number of halogens is 2. The molecule has 0 aromatic heterocycles. The summed E-state index contributed by atoms with van der Waals surface area (Å²) in [7, 11) is -3.83. The molecule has 0 atom stereocenters. The molecule has 0 fully saturated rings. The van der Waals surface area contributed by atoms with Crippen molar-refractivity contribution in [3.05, 3.63) is 59.2 Å². The van der Waals surface area contributed by atoms with E-state index in [0.29, 0.717) is 5.56 Å². The van der Waals surface area contributed by atoms with E-state index in [9.17, 15) is 22.0 Å². The van der Waals surface area contributed by atoms with E-state index in [1.54, 1.807) is 40.7 Å². The van der Waals surface area contributed by atoms with Crippen LogP contribution in [0.1, 0.15) is 43.6 Å². The molecule has 0 spiro atoms. The van der Waals surface area contributed by atoms with Gasteiger partial charge in [-0.2, -0.15) is 0 Å². The highest BCUT2D eigenvalue weighted by molar-refractivity contribution is 7.89. The normalized spacial score (nSPS) is 12.1. The quantitative estimate of drug-likeness (QED) is 0.810. The minimum atomic E-state index is -3.83. The molecule has 2 rings (SSSR count). The molecule has 2 aromatic rings. The molecular weight excluding hydrogens is 386 g/mol. The molecule has 152 valence electrons. The number of nitrogens with one attached hydrogen (secondary N) is 1. The van der Waals surface area contributed by atoms with Crippen LogP contribution in [0.25, 0.3) is 0 Å². The van der Waals surface area contributed by atoms with Crippen molar-refractivity contribution in [3.63, 3.8) is 0 Å². The molecule has 0 unspecified atom stereocenters. The predicted octanol–water partition coefficient (Wildman–Crippen LogP) is 4.02. The van der Waals surface area contributed by atoms with Crippen molar-refractivity contribution in [3.8, 4) is 0 Å². The smallest absolute Gasteiger partial charge is 0.258 e. The van der Waals surface area contributed by atoms with Crippen molar-refractivity contribution < 1.29 is 22.0 Å². The van der Waals surface area contributed by atoms with Gasteiger partial charge >= 0.3 is 0 Å². The molecular formula is C20H24F2N2O3S. The molecule has 28 heavy (non-hydrogen) atoms. The number of benzene rings is 2. The summed E-state index contributed by atoms with van der Waals surface area (Å²) in [6.45, 7) is 8.71. The molecule has 0 heterocycles. The fraction of sp³-hybridized carbons (Fsp3) is 0.350. The van der Waals surface area contributed by atoms with E-state index in [2.05, 4.69) is 4.72 Å². The van der Waals surface area contributed by atoms with E-state index >= 15 is 0 Å². The summed E-state index contributed by atoms with van der Waals surface area (Å²) in [4.78, 5) is 14.3. The van der Waals surface area contributed by atoms with E-state index in [-0.39, 0.29) is 22.7 Å². The summed E-state index contributed by atoms with van der Waals surface area (Å²) in [6, 6.07) is 7.46. The number of sulfonamides is 1. The Labute approximate surface area is 164 Å². The van der Waals surface area contributed by atoms with Gasteiger partial charge in [0.15, 0.2) is 11.6 Å². The Balaban J connectivity index is 2.48. The zero-order valence-corrected chi connectivity index (χ0v) is 17.3. The highest BCUT2D eigenvalue weighted by Gasteiger charge is 2.25. The van der Waals surface area contributed by atoms with Crippen molar-refractivity contribution in [1.29, 1.82) is 0 Å². The van der Waals surface area contributed by atoms with Crippen LogP contribution in [0.15, 0.2) is 41.3 Å². The van der Waals surface area contributed by atoms with Gasteiger partial charge in [0.05, 0.1) is 4.90 Å².